The second-order valence-corrected chi connectivity index (χ2v) is 7.22. The van der Waals surface area contributed by atoms with E-state index in [9.17, 15) is 4.79 Å². The highest BCUT2D eigenvalue weighted by atomic mass is 35.5. The van der Waals surface area contributed by atoms with E-state index >= 15 is 0 Å². The van der Waals surface area contributed by atoms with Gasteiger partial charge in [0.25, 0.3) is 0 Å². The first kappa shape index (κ1) is 17.3. The normalized spacial score (nSPS) is 17.1. The molecule has 1 aromatic carbocycles. The number of halogens is 2. The van der Waals surface area contributed by atoms with Gasteiger partial charge in [0.2, 0.25) is 5.91 Å². The highest BCUT2D eigenvalue weighted by Crippen LogP contribution is 2.23. The molecule has 0 unspecified atom stereocenters. The average molecular weight is 393 g/mol. The molecule has 2 aliphatic rings. The zero-order valence-electron chi connectivity index (χ0n) is 14.1. The Morgan fingerprint density at radius 3 is 2.65 bits per heavy atom. The fourth-order valence-electron chi connectivity index (χ4n) is 3.27. The first-order chi connectivity index (χ1) is 12.6. The van der Waals surface area contributed by atoms with Crippen LogP contribution >= 0.6 is 23.2 Å². The molecular weight excluding hydrogens is 375 g/mol. The van der Waals surface area contributed by atoms with Gasteiger partial charge < -0.3 is 9.80 Å². The lowest BCUT2D eigenvalue weighted by Gasteiger charge is -2.37. The Balaban J connectivity index is 1.35. The summed E-state index contributed by atoms with van der Waals surface area (Å²) < 4.78 is 1.74. The van der Waals surface area contributed by atoms with Crippen LogP contribution in [0.1, 0.15) is 17.8 Å². The van der Waals surface area contributed by atoms with Gasteiger partial charge in [-0.1, -0.05) is 29.3 Å². The van der Waals surface area contributed by atoms with Crippen LogP contribution < -0.4 is 0 Å². The molecule has 0 radical (unpaired) electrons. The molecule has 0 N–H and O–H groups in total. The second kappa shape index (κ2) is 7.25. The largest absolute Gasteiger partial charge is 0.355 e. The Hall–Kier alpha value is -2.12. The number of fused-ring (bicyclic) bond motifs is 1. The topological polar surface area (TPSA) is 66.6 Å². The highest BCUT2D eigenvalue weighted by molar-refractivity contribution is 6.42. The van der Waals surface area contributed by atoms with Gasteiger partial charge in [0.1, 0.15) is 12.2 Å². The zero-order chi connectivity index (χ0) is 18.1. The molecule has 1 fully saturated rings. The van der Waals surface area contributed by atoms with Crippen molar-refractivity contribution >= 4 is 34.9 Å². The van der Waals surface area contributed by atoms with Gasteiger partial charge in [-0.05, 0) is 17.7 Å². The van der Waals surface area contributed by atoms with Crippen LogP contribution in [-0.4, -0.2) is 62.6 Å². The van der Waals surface area contributed by atoms with Gasteiger partial charge in [-0.3, -0.25) is 4.79 Å². The summed E-state index contributed by atoms with van der Waals surface area (Å²) in [5.41, 5.74) is 0.878. The number of rotatable bonds is 2. The molecule has 0 spiro atoms. The van der Waals surface area contributed by atoms with Crippen molar-refractivity contribution in [3.63, 3.8) is 0 Å². The first-order valence-corrected chi connectivity index (χ1v) is 9.29. The van der Waals surface area contributed by atoms with Crippen molar-refractivity contribution in [2.24, 2.45) is 5.10 Å². The number of piperazine rings is 1. The van der Waals surface area contributed by atoms with E-state index in [2.05, 4.69) is 20.2 Å². The fourth-order valence-corrected chi connectivity index (χ4v) is 3.59. The maximum Gasteiger partial charge on any atom is 0.227 e. The molecule has 9 heteroatoms. The van der Waals surface area contributed by atoms with E-state index in [1.165, 1.54) is 0 Å². The average Bonchev–Trinajstić information content (AvgIpc) is 3.12. The summed E-state index contributed by atoms with van der Waals surface area (Å²) in [4.78, 5) is 16.7. The minimum atomic E-state index is 0.106. The molecule has 0 saturated carbocycles. The van der Waals surface area contributed by atoms with E-state index in [0.29, 0.717) is 29.6 Å². The highest BCUT2D eigenvalue weighted by Gasteiger charge is 2.25. The van der Waals surface area contributed by atoms with Crippen LogP contribution in [0, 0.1) is 0 Å². The van der Waals surface area contributed by atoms with Crippen molar-refractivity contribution in [1.82, 2.24) is 24.7 Å². The Kier molecular flexibility index (Phi) is 4.82. The Morgan fingerprint density at radius 1 is 1.08 bits per heavy atom. The van der Waals surface area contributed by atoms with E-state index in [1.54, 1.807) is 23.1 Å². The van der Waals surface area contributed by atoms with Gasteiger partial charge in [-0.25, -0.2) is 4.68 Å². The number of carbonyl (C=O) groups excluding carboxylic acids is 1. The van der Waals surface area contributed by atoms with Crippen LogP contribution in [0.2, 0.25) is 10.0 Å². The number of amidine groups is 1. The predicted octanol–water partition coefficient (Wildman–Crippen LogP) is 2.08. The van der Waals surface area contributed by atoms with E-state index in [0.717, 1.165) is 43.2 Å². The van der Waals surface area contributed by atoms with Crippen LogP contribution in [0.5, 0.6) is 0 Å². The lowest BCUT2D eigenvalue weighted by molar-refractivity contribution is -0.131. The molecule has 7 nitrogen and oxygen atoms in total. The maximum atomic E-state index is 12.6. The number of carbonyl (C=O) groups is 1. The third-order valence-corrected chi connectivity index (χ3v) is 5.47. The molecular formula is C17H18Cl2N6O. The molecule has 4 rings (SSSR count). The molecule has 26 heavy (non-hydrogen) atoms. The van der Waals surface area contributed by atoms with Gasteiger partial charge >= 0.3 is 0 Å². The summed E-state index contributed by atoms with van der Waals surface area (Å²) in [5, 5.41) is 13.5. The molecule has 0 atom stereocenters. The zero-order valence-corrected chi connectivity index (χ0v) is 15.6. The molecule has 1 saturated heterocycles. The van der Waals surface area contributed by atoms with Gasteiger partial charge in [0.15, 0.2) is 5.82 Å². The van der Waals surface area contributed by atoms with Gasteiger partial charge in [0.05, 0.1) is 16.5 Å². The summed E-state index contributed by atoms with van der Waals surface area (Å²) >= 11 is 12.0. The Morgan fingerprint density at radius 2 is 1.88 bits per heavy atom. The van der Waals surface area contributed by atoms with Crippen LogP contribution in [0.15, 0.2) is 29.6 Å². The minimum absolute atomic E-state index is 0.106. The second-order valence-electron chi connectivity index (χ2n) is 6.40. The van der Waals surface area contributed by atoms with Crippen molar-refractivity contribution in [3.8, 4) is 0 Å². The standard InChI is InChI=1S/C17H18Cl2N6O/c18-13-2-1-12(9-14(13)19)10-17(26)24-7-5-23(6-8-24)16-4-3-15-21-20-11-25(15)22-16/h1-2,9,11H,3-8,10H2. The molecule has 3 heterocycles. The fraction of sp³-hybridized carbons (Fsp3) is 0.412. The number of benzene rings is 1. The molecule has 0 aliphatic carbocycles. The van der Waals surface area contributed by atoms with Crippen molar-refractivity contribution in [2.75, 3.05) is 26.2 Å². The molecule has 136 valence electrons. The molecule has 1 amide bonds. The number of hydrogen-bond acceptors (Lipinski definition) is 5. The van der Waals surface area contributed by atoms with Crippen molar-refractivity contribution in [1.29, 1.82) is 0 Å². The van der Waals surface area contributed by atoms with E-state index in [4.69, 9.17) is 23.2 Å². The SMILES string of the molecule is O=C(Cc1ccc(Cl)c(Cl)c1)N1CCN(C2=Nn3cnnc3CC2)CC1. The summed E-state index contributed by atoms with van der Waals surface area (Å²) in [6, 6.07) is 5.33. The summed E-state index contributed by atoms with van der Waals surface area (Å²) in [5.74, 6) is 2.03. The van der Waals surface area contributed by atoms with Crippen LogP contribution in [0.25, 0.3) is 0 Å². The lowest BCUT2D eigenvalue weighted by atomic mass is 10.1. The lowest BCUT2D eigenvalue weighted by Crippen LogP contribution is -2.51. The van der Waals surface area contributed by atoms with Crippen molar-refractivity contribution < 1.29 is 4.79 Å². The van der Waals surface area contributed by atoms with E-state index in [-0.39, 0.29) is 5.91 Å². The third-order valence-electron chi connectivity index (χ3n) is 4.73. The van der Waals surface area contributed by atoms with Crippen molar-refractivity contribution in [2.45, 2.75) is 19.3 Å². The predicted molar refractivity (Wildman–Crippen MR) is 99.5 cm³/mol. The number of nitrogens with zero attached hydrogens (tertiary/aromatic N) is 6. The third kappa shape index (κ3) is 3.54. The van der Waals surface area contributed by atoms with E-state index in [1.807, 2.05) is 11.0 Å². The van der Waals surface area contributed by atoms with E-state index < -0.39 is 0 Å². The number of aromatic nitrogens is 3. The van der Waals surface area contributed by atoms with Crippen LogP contribution in [0.4, 0.5) is 0 Å². The van der Waals surface area contributed by atoms with Crippen molar-refractivity contribution in [3.05, 3.63) is 46.0 Å². The van der Waals surface area contributed by atoms with Gasteiger partial charge in [-0.15, -0.1) is 10.2 Å². The molecule has 2 aromatic rings. The van der Waals surface area contributed by atoms with Crippen LogP contribution in [0.3, 0.4) is 0 Å². The number of hydrogen-bond donors (Lipinski definition) is 0. The van der Waals surface area contributed by atoms with Gasteiger partial charge in [0, 0.05) is 39.0 Å². The molecule has 1 aromatic heterocycles. The molecule has 0 bridgehead atoms. The quantitative estimate of drug-likeness (QED) is 0.784. The molecule has 2 aliphatic heterocycles. The first-order valence-electron chi connectivity index (χ1n) is 8.53. The Labute approximate surface area is 161 Å². The number of aryl methyl sites for hydroxylation is 1. The summed E-state index contributed by atoms with van der Waals surface area (Å²) in [6.45, 7) is 2.94. The number of amides is 1. The monoisotopic (exact) mass is 392 g/mol. The maximum absolute atomic E-state index is 12.6. The summed E-state index contributed by atoms with van der Waals surface area (Å²) in [7, 11) is 0. The minimum Gasteiger partial charge on any atom is -0.355 e. The van der Waals surface area contributed by atoms with Crippen LogP contribution in [-0.2, 0) is 17.6 Å². The summed E-state index contributed by atoms with van der Waals surface area (Å²) in [6.07, 6.45) is 3.67. The smallest absolute Gasteiger partial charge is 0.227 e. The Bertz CT molecular complexity index is 857. The van der Waals surface area contributed by atoms with Gasteiger partial charge in [-0.2, -0.15) is 5.10 Å².